The zero-order valence-corrected chi connectivity index (χ0v) is 14.9. The lowest BCUT2D eigenvalue weighted by molar-refractivity contribution is -0.153. The average Bonchev–Trinajstić information content (AvgIpc) is 2.80. The number of esters is 1. The zero-order valence-electron chi connectivity index (χ0n) is 14.9. The monoisotopic (exact) mass is 333 g/mol. The van der Waals surface area contributed by atoms with Gasteiger partial charge in [0.15, 0.2) is 17.3 Å². The lowest BCUT2D eigenvalue weighted by atomic mass is 10.1. The molecule has 0 N–H and O–H groups in total. The molecule has 1 aromatic heterocycles. The number of methoxy groups -OCH3 is 2. The molecule has 0 radical (unpaired) electrons. The summed E-state index contributed by atoms with van der Waals surface area (Å²) < 4.78 is 17.5. The number of aromatic nitrogens is 1. The van der Waals surface area contributed by atoms with E-state index in [4.69, 9.17) is 14.2 Å². The third kappa shape index (κ3) is 3.69. The second-order valence-electron chi connectivity index (χ2n) is 6.54. The van der Waals surface area contributed by atoms with E-state index in [1.165, 1.54) is 0 Å². The first-order valence-corrected chi connectivity index (χ1v) is 7.62. The predicted molar refractivity (Wildman–Crippen MR) is 90.8 cm³/mol. The molecule has 0 spiro atoms. The number of nitrogens with zero attached hydrogens (tertiary/aromatic N) is 1. The Morgan fingerprint density at radius 3 is 2.17 bits per heavy atom. The van der Waals surface area contributed by atoms with Crippen LogP contribution in [0.4, 0.5) is 0 Å². The van der Waals surface area contributed by atoms with Gasteiger partial charge in [-0.3, -0.25) is 9.59 Å². The summed E-state index contributed by atoms with van der Waals surface area (Å²) in [7, 11) is 4.89. The van der Waals surface area contributed by atoms with Gasteiger partial charge in [0.1, 0.15) is 12.0 Å². The minimum Gasteiger partial charge on any atom is -0.493 e. The molecule has 6 heteroatoms. The van der Waals surface area contributed by atoms with Gasteiger partial charge in [-0.1, -0.05) is 0 Å². The van der Waals surface area contributed by atoms with Crippen molar-refractivity contribution in [1.29, 1.82) is 0 Å². The number of aryl methyl sites for hydroxylation is 1. The lowest BCUT2D eigenvalue weighted by Crippen LogP contribution is -2.25. The molecular weight excluding hydrogens is 310 g/mol. The van der Waals surface area contributed by atoms with E-state index in [1.54, 1.807) is 64.8 Å². The molecule has 0 saturated carbocycles. The van der Waals surface area contributed by atoms with Crippen LogP contribution in [0.2, 0.25) is 0 Å². The molecule has 1 heterocycles. The van der Waals surface area contributed by atoms with Crippen LogP contribution in [0.25, 0.3) is 10.9 Å². The van der Waals surface area contributed by atoms with E-state index in [0.29, 0.717) is 17.2 Å². The van der Waals surface area contributed by atoms with E-state index in [-0.39, 0.29) is 12.2 Å². The summed E-state index contributed by atoms with van der Waals surface area (Å²) in [5.74, 6) is 0.341. The number of carbonyl (C=O) groups excluding carboxylic acids is 2. The molecule has 0 bridgehead atoms. The number of carbonyl (C=O) groups is 2. The smallest absolute Gasteiger partial charge is 0.314 e. The predicted octanol–water partition coefficient (Wildman–Crippen LogP) is 3.11. The Balaban J connectivity index is 2.34. The molecule has 0 fully saturated rings. The average molecular weight is 333 g/mol. The SMILES string of the molecule is COc1cc2cc(C(=O)CC(=O)OC(C)(C)C)n(C)c2cc1OC. The molecule has 0 aliphatic heterocycles. The molecule has 2 rings (SSSR count). The van der Waals surface area contributed by atoms with Crippen molar-refractivity contribution in [2.75, 3.05) is 14.2 Å². The Kier molecular flexibility index (Phi) is 4.87. The summed E-state index contributed by atoms with van der Waals surface area (Å²) in [6.07, 6.45) is -0.296. The van der Waals surface area contributed by atoms with Crippen molar-refractivity contribution in [3.05, 3.63) is 23.9 Å². The summed E-state index contributed by atoms with van der Waals surface area (Å²) >= 11 is 0. The molecule has 2 aromatic rings. The second-order valence-corrected chi connectivity index (χ2v) is 6.54. The quantitative estimate of drug-likeness (QED) is 0.478. The van der Waals surface area contributed by atoms with Gasteiger partial charge in [0, 0.05) is 18.5 Å². The van der Waals surface area contributed by atoms with Crippen molar-refractivity contribution in [3.63, 3.8) is 0 Å². The first kappa shape index (κ1) is 17.8. The van der Waals surface area contributed by atoms with Gasteiger partial charge in [0.25, 0.3) is 0 Å². The fourth-order valence-corrected chi connectivity index (χ4v) is 2.53. The van der Waals surface area contributed by atoms with Crippen LogP contribution in [0.15, 0.2) is 18.2 Å². The third-order valence-electron chi connectivity index (χ3n) is 3.56. The largest absolute Gasteiger partial charge is 0.493 e. The van der Waals surface area contributed by atoms with Gasteiger partial charge >= 0.3 is 5.97 Å². The van der Waals surface area contributed by atoms with Crippen molar-refractivity contribution < 1.29 is 23.8 Å². The first-order valence-electron chi connectivity index (χ1n) is 7.62. The minimum atomic E-state index is -0.614. The molecule has 0 unspecified atom stereocenters. The first-order chi connectivity index (χ1) is 11.2. The topological polar surface area (TPSA) is 66.8 Å². The Hall–Kier alpha value is -2.50. The van der Waals surface area contributed by atoms with Crippen molar-refractivity contribution in [3.8, 4) is 11.5 Å². The van der Waals surface area contributed by atoms with Crippen LogP contribution in [0.3, 0.4) is 0 Å². The fraction of sp³-hybridized carbons (Fsp3) is 0.444. The number of hydrogen-bond donors (Lipinski definition) is 0. The maximum absolute atomic E-state index is 12.5. The van der Waals surface area contributed by atoms with Crippen LogP contribution in [0, 0.1) is 0 Å². The number of hydrogen-bond acceptors (Lipinski definition) is 5. The summed E-state index contributed by atoms with van der Waals surface area (Å²) in [6, 6.07) is 5.35. The van der Waals surface area contributed by atoms with E-state index in [2.05, 4.69) is 0 Å². The van der Waals surface area contributed by atoms with Crippen LogP contribution in [0.5, 0.6) is 11.5 Å². The molecule has 1 aromatic carbocycles. The molecule has 6 nitrogen and oxygen atoms in total. The molecule has 0 aliphatic rings. The number of fused-ring (bicyclic) bond motifs is 1. The number of ketones is 1. The van der Waals surface area contributed by atoms with Crippen LogP contribution >= 0.6 is 0 Å². The maximum Gasteiger partial charge on any atom is 0.314 e. The van der Waals surface area contributed by atoms with Gasteiger partial charge in [0.05, 0.1) is 25.4 Å². The van der Waals surface area contributed by atoms with Gasteiger partial charge in [-0.2, -0.15) is 0 Å². The van der Waals surface area contributed by atoms with Crippen molar-refractivity contribution >= 4 is 22.7 Å². The molecule has 130 valence electrons. The standard InChI is InChI=1S/C18H23NO5/c1-18(2,3)24-17(21)10-14(20)13-7-11-8-15(22-5)16(23-6)9-12(11)19(13)4/h7-9H,10H2,1-6H3. The van der Waals surface area contributed by atoms with E-state index < -0.39 is 11.6 Å². The highest BCUT2D eigenvalue weighted by Gasteiger charge is 2.22. The lowest BCUT2D eigenvalue weighted by Gasteiger charge is -2.19. The normalized spacial score (nSPS) is 11.4. The number of benzene rings is 1. The van der Waals surface area contributed by atoms with Crippen LogP contribution in [-0.4, -0.2) is 36.1 Å². The fourth-order valence-electron chi connectivity index (χ4n) is 2.53. The number of Topliss-reactive ketones (excluding diaryl/α,β-unsaturated/α-hetero) is 1. The molecule has 0 atom stereocenters. The summed E-state index contributed by atoms with van der Waals surface area (Å²) in [6.45, 7) is 5.31. The Morgan fingerprint density at radius 1 is 1.04 bits per heavy atom. The number of rotatable bonds is 5. The van der Waals surface area contributed by atoms with Crippen LogP contribution in [-0.2, 0) is 16.6 Å². The zero-order chi connectivity index (χ0) is 18.1. The van der Waals surface area contributed by atoms with Crippen molar-refractivity contribution in [1.82, 2.24) is 4.57 Å². The Labute approximate surface area is 141 Å². The van der Waals surface area contributed by atoms with E-state index in [0.717, 1.165) is 10.9 Å². The number of ether oxygens (including phenoxy) is 3. The van der Waals surface area contributed by atoms with Crippen molar-refractivity contribution in [2.45, 2.75) is 32.8 Å². The Morgan fingerprint density at radius 2 is 1.62 bits per heavy atom. The Bertz CT molecular complexity index is 783. The van der Waals surface area contributed by atoms with Crippen LogP contribution < -0.4 is 9.47 Å². The van der Waals surface area contributed by atoms with Gasteiger partial charge < -0.3 is 18.8 Å². The van der Waals surface area contributed by atoms with Crippen LogP contribution in [0.1, 0.15) is 37.7 Å². The highest BCUT2D eigenvalue weighted by atomic mass is 16.6. The molecule has 0 amide bonds. The third-order valence-corrected chi connectivity index (χ3v) is 3.56. The minimum absolute atomic E-state index is 0.291. The van der Waals surface area contributed by atoms with E-state index >= 15 is 0 Å². The molecule has 0 aliphatic carbocycles. The summed E-state index contributed by atoms with van der Waals surface area (Å²) in [5.41, 5.74) is 0.642. The van der Waals surface area contributed by atoms with E-state index in [1.807, 2.05) is 0 Å². The summed E-state index contributed by atoms with van der Waals surface area (Å²) in [5, 5.41) is 0.836. The highest BCUT2D eigenvalue weighted by Crippen LogP contribution is 2.33. The molecule has 24 heavy (non-hydrogen) atoms. The van der Waals surface area contributed by atoms with E-state index in [9.17, 15) is 9.59 Å². The maximum atomic E-state index is 12.5. The van der Waals surface area contributed by atoms with Gasteiger partial charge in [-0.15, -0.1) is 0 Å². The van der Waals surface area contributed by atoms with Crippen molar-refractivity contribution in [2.24, 2.45) is 7.05 Å². The molecular formula is C18H23NO5. The second kappa shape index (κ2) is 6.55. The van der Waals surface area contributed by atoms with Gasteiger partial charge in [0.2, 0.25) is 0 Å². The van der Waals surface area contributed by atoms with Gasteiger partial charge in [-0.05, 0) is 32.9 Å². The molecule has 0 saturated heterocycles. The summed E-state index contributed by atoms with van der Waals surface area (Å²) in [4.78, 5) is 24.3. The highest BCUT2D eigenvalue weighted by molar-refractivity contribution is 6.07. The van der Waals surface area contributed by atoms with Gasteiger partial charge in [-0.25, -0.2) is 0 Å².